The summed E-state index contributed by atoms with van der Waals surface area (Å²) in [5, 5.41) is 3.79. The molecule has 5 heteroatoms. The van der Waals surface area contributed by atoms with E-state index in [0.29, 0.717) is 10.7 Å². The number of hydrogen-bond donors (Lipinski definition) is 1. The smallest absolute Gasteiger partial charge is 0.141 e. The van der Waals surface area contributed by atoms with Crippen molar-refractivity contribution in [2.45, 2.75) is 0 Å². The summed E-state index contributed by atoms with van der Waals surface area (Å²) in [7, 11) is 3.45. The summed E-state index contributed by atoms with van der Waals surface area (Å²) in [5.41, 5.74) is 3.37. The Labute approximate surface area is 134 Å². The van der Waals surface area contributed by atoms with Crippen molar-refractivity contribution in [3.63, 3.8) is 0 Å². The topological polar surface area (TPSA) is 50.7 Å². The number of ether oxygens (including phenoxy) is 1. The van der Waals surface area contributed by atoms with E-state index in [9.17, 15) is 4.79 Å². The maximum atomic E-state index is 10.7. The summed E-state index contributed by atoms with van der Waals surface area (Å²) < 4.78 is 5.29. The van der Waals surface area contributed by atoms with Gasteiger partial charge in [-0.05, 0) is 30.3 Å². The highest BCUT2D eigenvalue weighted by Gasteiger charge is 2.12. The molecule has 4 nitrogen and oxygen atoms in total. The fourth-order valence-corrected chi connectivity index (χ4v) is 2.26. The van der Waals surface area contributed by atoms with Gasteiger partial charge < -0.3 is 14.8 Å². The van der Waals surface area contributed by atoms with Crippen LogP contribution < -0.4 is 10.1 Å². The van der Waals surface area contributed by atoms with Gasteiger partial charge >= 0.3 is 0 Å². The van der Waals surface area contributed by atoms with Gasteiger partial charge in [0.2, 0.25) is 0 Å². The number of hydrogen-bond acceptors (Lipinski definition) is 4. The van der Waals surface area contributed by atoms with Crippen LogP contribution in [0.5, 0.6) is 5.75 Å². The van der Waals surface area contributed by atoms with E-state index >= 15 is 0 Å². The minimum absolute atomic E-state index is 0.0956. The van der Waals surface area contributed by atoms with Crippen LogP contribution >= 0.6 is 11.6 Å². The number of methoxy groups -OCH3 is 1. The maximum Gasteiger partial charge on any atom is 0.141 e. The second-order valence-electron chi connectivity index (χ2n) is 4.52. The summed E-state index contributed by atoms with van der Waals surface area (Å²) in [6.07, 6.45) is 0.773. The lowest BCUT2D eigenvalue weighted by atomic mass is 10.00. The molecular weight excluding hydrogens is 300 g/mol. The van der Waals surface area contributed by atoms with Gasteiger partial charge in [0.15, 0.2) is 0 Å². The largest absolute Gasteiger partial charge is 0.497 e. The first kappa shape index (κ1) is 16.0. The van der Waals surface area contributed by atoms with Gasteiger partial charge in [-0.2, -0.15) is 0 Å². The molecule has 0 aromatic heterocycles. The molecule has 22 heavy (non-hydrogen) atoms. The zero-order valence-electron chi connectivity index (χ0n) is 12.5. The lowest BCUT2D eigenvalue weighted by Gasteiger charge is -2.14. The number of aliphatic imine (C=N–C) groups is 1. The minimum Gasteiger partial charge on any atom is -0.497 e. The second kappa shape index (κ2) is 7.61. The van der Waals surface area contributed by atoms with Gasteiger partial charge in [0.05, 0.1) is 19.4 Å². The lowest BCUT2D eigenvalue weighted by molar-refractivity contribution is -0.106. The number of halogens is 1. The number of nitrogens with one attached hydrogen (secondary N) is 1. The number of aldehydes is 1. The third-order valence-electron chi connectivity index (χ3n) is 3.19. The van der Waals surface area contributed by atoms with Crippen LogP contribution in [0.2, 0.25) is 5.02 Å². The highest BCUT2D eigenvalue weighted by molar-refractivity contribution is 6.30. The maximum absolute atomic E-state index is 10.7. The Morgan fingerprint density at radius 1 is 1.27 bits per heavy atom. The predicted octanol–water partition coefficient (Wildman–Crippen LogP) is 3.43. The molecular formula is C17H17ClN2O2. The molecule has 0 saturated carbocycles. The zero-order valence-corrected chi connectivity index (χ0v) is 13.2. The van der Waals surface area contributed by atoms with Crippen LogP contribution in [0.25, 0.3) is 0 Å². The molecule has 0 heterocycles. The minimum atomic E-state index is 0.0956. The van der Waals surface area contributed by atoms with Crippen molar-refractivity contribution in [1.82, 2.24) is 0 Å². The summed E-state index contributed by atoms with van der Waals surface area (Å²) in [5.74, 6) is 0.724. The predicted molar refractivity (Wildman–Crippen MR) is 90.6 cm³/mol. The molecule has 0 radical (unpaired) electrons. The van der Waals surface area contributed by atoms with Crippen LogP contribution in [0.3, 0.4) is 0 Å². The molecule has 0 spiro atoms. The molecule has 114 valence electrons. The molecule has 0 atom stereocenters. The molecule has 0 amide bonds. The van der Waals surface area contributed by atoms with Gasteiger partial charge in [-0.15, -0.1) is 0 Å². The Morgan fingerprint density at radius 3 is 2.59 bits per heavy atom. The van der Waals surface area contributed by atoms with E-state index in [4.69, 9.17) is 16.3 Å². The van der Waals surface area contributed by atoms with Crippen molar-refractivity contribution < 1.29 is 9.53 Å². The van der Waals surface area contributed by atoms with Gasteiger partial charge in [0.25, 0.3) is 0 Å². The number of carbonyl (C=O) groups excluding carboxylic acids is 1. The molecule has 0 aliphatic carbocycles. The molecule has 0 aliphatic heterocycles. The van der Waals surface area contributed by atoms with E-state index in [1.54, 1.807) is 19.2 Å². The second-order valence-corrected chi connectivity index (χ2v) is 4.96. The van der Waals surface area contributed by atoms with Crippen molar-refractivity contribution in [3.8, 4) is 5.75 Å². The molecule has 0 unspecified atom stereocenters. The van der Waals surface area contributed by atoms with Crippen LogP contribution in [0.15, 0.2) is 47.5 Å². The number of benzene rings is 2. The Bertz CT molecular complexity index is 682. The molecule has 2 rings (SSSR count). The van der Waals surface area contributed by atoms with Crippen molar-refractivity contribution in [2.24, 2.45) is 4.99 Å². The third-order valence-corrected chi connectivity index (χ3v) is 3.44. The normalized spacial score (nSPS) is 11.1. The van der Waals surface area contributed by atoms with Crippen LogP contribution in [-0.4, -0.2) is 32.7 Å². The van der Waals surface area contributed by atoms with E-state index in [1.165, 1.54) is 0 Å². The van der Waals surface area contributed by atoms with E-state index in [2.05, 4.69) is 10.3 Å². The Kier molecular flexibility index (Phi) is 5.55. The van der Waals surface area contributed by atoms with Crippen molar-refractivity contribution in [3.05, 3.63) is 58.6 Å². The van der Waals surface area contributed by atoms with E-state index in [0.717, 1.165) is 28.8 Å². The number of rotatable bonds is 6. The van der Waals surface area contributed by atoms with Crippen LogP contribution in [0.1, 0.15) is 11.1 Å². The molecule has 1 N–H and O–H groups in total. The Balaban J connectivity index is 2.58. The SMILES string of the molecule is CNc1ccc(OC)cc1C(=NCC=O)c1ccc(Cl)cc1. The first-order valence-corrected chi connectivity index (χ1v) is 7.17. The molecule has 0 aliphatic rings. The summed E-state index contributed by atoms with van der Waals surface area (Å²) >= 11 is 5.94. The van der Waals surface area contributed by atoms with Gasteiger partial charge in [0, 0.05) is 28.9 Å². The average Bonchev–Trinajstić information content (AvgIpc) is 2.56. The standard InChI is InChI=1S/C17H17ClN2O2/c1-19-16-8-7-14(22-2)11-15(16)17(20-9-10-21)12-3-5-13(18)6-4-12/h3-8,10-11,19H,9H2,1-2H3. The van der Waals surface area contributed by atoms with Crippen LogP contribution in [0.4, 0.5) is 5.69 Å². The molecule has 0 bridgehead atoms. The van der Waals surface area contributed by atoms with E-state index in [1.807, 2.05) is 37.4 Å². The summed E-state index contributed by atoms with van der Waals surface area (Å²) in [4.78, 5) is 15.1. The number of nitrogens with zero attached hydrogens (tertiary/aromatic N) is 1. The van der Waals surface area contributed by atoms with Gasteiger partial charge in [-0.25, -0.2) is 0 Å². The first-order chi connectivity index (χ1) is 10.7. The highest BCUT2D eigenvalue weighted by Crippen LogP contribution is 2.25. The van der Waals surface area contributed by atoms with Gasteiger partial charge in [-0.1, -0.05) is 23.7 Å². The number of anilines is 1. The summed E-state index contributed by atoms with van der Waals surface area (Å²) in [6, 6.07) is 13.0. The fraction of sp³-hybridized carbons (Fsp3) is 0.176. The lowest BCUT2D eigenvalue weighted by Crippen LogP contribution is -2.09. The highest BCUT2D eigenvalue weighted by atomic mass is 35.5. The van der Waals surface area contributed by atoms with E-state index < -0.39 is 0 Å². The van der Waals surface area contributed by atoms with Crippen LogP contribution in [0, 0.1) is 0 Å². The quantitative estimate of drug-likeness (QED) is 0.656. The first-order valence-electron chi connectivity index (χ1n) is 6.79. The van der Waals surface area contributed by atoms with Gasteiger partial charge in [0.1, 0.15) is 12.0 Å². The molecule has 0 fully saturated rings. The van der Waals surface area contributed by atoms with Crippen LogP contribution in [-0.2, 0) is 4.79 Å². The fourth-order valence-electron chi connectivity index (χ4n) is 2.13. The van der Waals surface area contributed by atoms with E-state index in [-0.39, 0.29) is 6.54 Å². The zero-order chi connectivity index (χ0) is 15.9. The monoisotopic (exact) mass is 316 g/mol. The van der Waals surface area contributed by atoms with Crippen molar-refractivity contribution >= 4 is 29.3 Å². The molecule has 2 aromatic rings. The van der Waals surface area contributed by atoms with Crippen molar-refractivity contribution in [1.29, 1.82) is 0 Å². The Hall–Kier alpha value is -2.33. The average molecular weight is 317 g/mol. The molecule has 0 saturated heterocycles. The van der Waals surface area contributed by atoms with Gasteiger partial charge in [-0.3, -0.25) is 4.99 Å². The number of carbonyl (C=O) groups is 1. The van der Waals surface area contributed by atoms with Crippen molar-refractivity contribution in [2.75, 3.05) is 26.0 Å². The summed E-state index contributed by atoms with van der Waals surface area (Å²) in [6.45, 7) is 0.0956. The third kappa shape index (κ3) is 3.65. The Morgan fingerprint density at radius 2 is 2.00 bits per heavy atom. The molecule has 2 aromatic carbocycles.